The fraction of sp³-hybridized carbons (Fsp3) is 0.722. The number of aliphatic hydroxyl groups excluding tert-OH is 1. The number of carbonyl (C=O) groups is 4. The third-order valence-electron chi connectivity index (χ3n) is 11.4. The molecule has 6 atom stereocenters. The van der Waals surface area contributed by atoms with Crippen molar-refractivity contribution in [2.75, 3.05) is 13.1 Å². The van der Waals surface area contributed by atoms with Gasteiger partial charge in [0.2, 0.25) is 33.9 Å². The maximum Gasteiger partial charge on any atom is 0.427 e. The van der Waals surface area contributed by atoms with E-state index in [2.05, 4.69) is 15.4 Å². The Bertz CT molecular complexity index is 1710. The van der Waals surface area contributed by atoms with Crippen molar-refractivity contribution in [1.29, 1.82) is 0 Å². The van der Waals surface area contributed by atoms with Crippen molar-refractivity contribution in [2.24, 2.45) is 5.92 Å². The number of aliphatic hydroxyl groups is 1. The van der Waals surface area contributed by atoms with Crippen LogP contribution in [-0.2, 0) is 46.8 Å². The molecule has 14 nitrogen and oxygen atoms in total. The second-order valence-electron chi connectivity index (χ2n) is 15.8. The highest BCUT2D eigenvalue weighted by Gasteiger charge is 2.62. The zero-order valence-corrected chi connectivity index (χ0v) is 31.3. The molecule has 2 saturated carbocycles. The zero-order valence-electron chi connectivity index (χ0n) is 30.5. The number of halogens is 3. The van der Waals surface area contributed by atoms with Crippen LogP contribution in [0.4, 0.5) is 18.0 Å². The molecule has 2 aliphatic carbocycles. The Morgan fingerprint density at radius 3 is 2.37 bits per heavy atom. The predicted molar refractivity (Wildman–Crippen MR) is 186 cm³/mol. The number of hydrogen-bond donors (Lipinski definition) is 4. The molecule has 1 aromatic carbocycles. The number of carbonyl (C=O) groups excluding carboxylic acids is 4. The first kappa shape index (κ1) is 40.2. The van der Waals surface area contributed by atoms with Crippen molar-refractivity contribution in [3.63, 3.8) is 0 Å². The summed E-state index contributed by atoms with van der Waals surface area (Å²) in [5.74, 6) is -2.71. The van der Waals surface area contributed by atoms with E-state index in [-0.39, 0.29) is 31.7 Å². The maximum atomic E-state index is 14.3. The number of ether oxygens (including phenoxy) is 2. The average molecular weight is 786 g/mol. The van der Waals surface area contributed by atoms with Crippen LogP contribution in [0.5, 0.6) is 0 Å². The van der Waals surface area contributed by atoms with Gasteiger partial charge in [-0.25, -0.2) is 13.2 Å². The van der Waals surface area contributed by atoms with Crippen molar-refractivity contribution in [3.8, 4) is 0 Å². The lowest BCUT2D eigenvalue weighted by Gasteiger charge is -2.33. The molecule has 6 rings (SSSR count). The fourth-order valence-electron chi connectivity index (χ4n) is 7.69. The van der Waals surface area contributed by atoms with E-state index in [1.807, 2.05) is 24.3 Å². The number of nitrogens with one attached hydrogen (secondary N) is 3. The monoisotopic (exact) mass is 785 g/mol. The lowest BCUT2D eigenvalue weighted by molar-refractivity contribution is -0.244. The van der Waals surface area contributed by atoms with Gasteiger partial charge in [0.15, 0.2) is 0 Å². The van der Waals surface area contributed by atoms with Crippen molar-refractivity contribution < 1.29 is 55.3 Å². The number of hydrogen-bond acceptors (Lipinski definition) is 10. The Labute approximate surface area is 312 Å². The van der Waals surface area contributed by atoms with Crippen LogP contribution in [0.2, 0.25) is 0 Å². The molecule has 4 amide bonds. The van der Waals surface area contributed by atoms with E-state index in [0.717, 1.165) is 28.9 Å². The smallest absolute Gasteiger partial charge is 0.427 e. The molecule has 0 bridgehead atoms. The first-order valence-corrected chi connectivity index (χ1v) is 20.3. The molecular weight excluding hydrogens is 735 g/mol. The average Bonchev–Trinajstić information content (AvgIpc) is 4.03. The maximum absolute atomic E-state index is 14.3. The van der Waals surface area contributed by atoms with E-state index in [1.54, 1.807) is 4.90 Å². The Kier molecular flexibility index (Phi) is 11.6. The molecule has 4 fully saturated rings. The summed E-state index contributed by atoms with van der Waals surface area (Å²) in [5, 5.41) is 15.6. The molecular formula is C36H50F3N5O9S. The summed E-state index contributed by atoms with van der Waals surface area (Å²) in [5.41, 5.74) is -2.23. The predicted octanol–water partition coefficient (Wildman–Crippen LogP) is 2.97. The number of nitrogens with zero attached hydrogens (tertiary/aromatic N) is 2. The third kappa shape index (κ3) is 8.97. The molecule has 3 aliphatic heterocycles. The second kappa shape index (κ2) is 15.6. The van der Waals surface area contributed by atoms with E-state index in [4.69, 9.17) is 9.47 Å². The number of alkyl carbamates (subject to hydrolysis) is 1. The molecule has 5 aliphatic rings. The minimum Gasteiger partial charge on any atom is -0.434 e. The third-order valence-corrected chi connectivity index (χ3v) is 13.2. The molecule has 0 spiro atoms. The van der Waals surface area contributed by atoms with E-state index in [9.17, 15) is 45.9 Å². The van der Waals surface area contributed by atoms with E-state index < -0.39 is 81.0 Å². The topological polar surface area (TPSA) is 184 Å². The molecule has 18 heteroatoms. The van der Waals surface area contributed by atoms with Gasteiger partial charge >= 0.3 is 12.3 Å². The minimum absolute atomic E-state index is 0.0422. The van der Waals surface area contributed by atoms with Crippen LogP contribution in [0.3, 0.4) is 0 Å². The first-order valence-electron chi connectivity index (χ1n) is 18.8. The minimum atomic E-state index is -4.89. The standard InChI is InChI=1S/C36H50F3N5O9S/c1-34(2,36(37,38)39)53-32(48)40-27-13-7-5-3-4-6-12-24-19-35(24,31(47)42-54(50,51)26-14-15-26)41-29(45)28-18-25(21-44(28)30(27)46)52-33(49)43-17-16-22-10-8-9-11-23(22)20-43/h8-11,24-28,33,49H,3-7,12-21H2,1-2H3,(H,40,48)(H,41,45)(H,42,47)/t24-,25-,27+,28+,33?,35-/m1/s1. The molecule has 3 heterocycles. The molecule has 4 N–H and O–H groups in total. The molecule has 1 aromatic rings. The Balaban J connectivity index is 1.24. The number of sulfonamides is 1. The van der Waals surface area contributed by atoms with Gasteiger partial charge < -0.3 is 30.1 Å². The first-order chi connectivity index (χ1) is 25.4. The van der Waals surface area contributed by atoms with Gasteiger partial charge in [-0.1, -0.05) is 56.4 Å². The molecule has 54 heavy (non-hydrogen) atoms. The van der Waals surface area contributed by atoms with Crippen LogP contribution in [0.1, 0.15) is 95.6 Å². The summed E-state index contributed by atoms with van der Waals surface area (Å²) in [6.07, 6.45) is -3.27. The van der Waals surface area contributed by atoms with E-state index in [0.29, 0.717) is 71.9 Å². The van der Waals surface area contributed by atoms with Gasteiger partial charge in [0.1, 0.15) is 17.6 Å². The van der Waals surface area contributed by atoms with Gasteiger partial charge in [0.25, 0.3) is 5.91 Å². The van der Waals surface area contributed by atoms with Gasteiger partial charge in [0.05, 0.1) is 11.4 Å². The van der Waals surface area contributed by atoms with Gasteiger partial charge in [0, 0.05) is 26.1 Å². The van der Waals surface area contributed by atoms with Crippen molar-refractivity contribution in [1.82, 2.24) is 25.2 Å². The Morgan fingerprint density at radius 1 is 1.02 bits per heavy atom. The van der Waals surface area contributed by atoms with Crippen LogP contribution >= 0.6 is 0 Å². The van der Waals surface area contributed by atoms with Crippen LogP contribution in [0.25, 0.3) is 0 Å². The summed E-state index contributed by atoms with van der Waals surface area (Å²) in [6, 6.07) is 5.12. The Hall–Kier alpha value is -3.48. The number of rotatable bonds is 8. The van der Waals surface area contributed by atoms with Crippen LogP contribution in [0, 0.1) is 5.92 Å². The highest BCUT2D eigenvalue weighted by atomic mass is 32.2. The van der Waals surface area contributed by atoms with Crippen LogP contribution in [0.15, 0.2) is 24.3 Å². The van der Waals surface area contributed by atoms with Crippen molar-refractivity contribution in [3.05, 3.63) is 35.4 Å². The molecule has 0 aromatic heterocycles. The van der Waals surface area contributed by atoms with Crippen molar-refractivity contribution >= 4 is 33.8 Å². The zero-order chi connectivity index (χ0) is 39.1. The highest BCUT2D eigenvalue weighted by Crippen LogP contribution is 2.48. The fourth-order valence-corrected chi connectivity index (χ4v) is 9.06. The number of fused-ring (bicyclic) bond motifs is 3. The summed E-state index contributed by atoms with van der Waals surface area (Å²) in [4.78, 5) is 57.9. The van der Waals surface area contributed by atoms with Crippen molar-refractivity contribution in [2.45, 2.75) is 145 Å². The summed E-state index contributed by atoms with van der Waals surface area (Å²) in [7, 11) is -3.94. The number of alkyl halides is 3. The summed E-state index contributed by atoms with van der Waals surface area (Å²) < 4.78 is 79.2. The lowest BCUT2D eigenvalue weighted by Crippen LogP contribution is -2.58. The summed E-state index contributed by atoms with van der Waals surface area (Å²) >= 11 is 0. The molecule has 1 unspecified atom stereocenters. The number of benzene rings is 1. The Morgan fingerprint density at radius 2 is 1.69 bits per heavy atom. The highest BCUT2D eigenvalue weighted by molar-refractivity contribution is 7.91. The second-order valence-corrected chi connectivity index (χ2v) is 17.8. The normalized spacial score (nSPS) is 29.3. The van der Waals surface area contributed by atoms with Crippen LogP contribution < -0.4 is 15.4 Å². The molecule has 2 saturated heterocycles. The quantitative estimate of drug-likeness (QED) is 0.286. The van der Waals surface area contributed by atoms with Gasteiger partial charge in [-0.15, -0.1) is 0 Å². The van der Waals surface area contributed by atoms with Crippen LogP contribution in [-0.4, -0.2) is 107 Å². The summed E-state index contributed by atoms with van der Waals surface area (Å²) in [6.45, 7) is 2.02. The van der Waals surface area contributed by atoms with Gasteiger partial charge in [-0.3, -0.25) is 24.0 Å². The van der Waals surface area contributed by atoms with E-state index >= 15 is 0 Å². The van der Waals surface area contributed by atoms with Gasteiger partial charge in [-0.2, -0.15) is 13.2 Å². The molecule has 0 radical (unpaired) electrons. The number of amides is 4. The van der Waals surface area contributed by atoms with Gasteiger partial charge in [-0.05, 0) is 69.4 Å². The van der Waals surface area contributed by atoms with E-state index in [1.165, 1.54) is 0 Å². The lowest BCUT2D eigenvalue weighted by atomic mass is 10.0. The molecule has 300 valence electrons. The SMILES string of the molecule is CC(C)(OC(=O)N[C@H]1CCCCCCC[C@@H]2C[C@@]2(C(=O)NS(=O)(=O)C2CC2)NC(=O)[C@@H]2C[C@@H](OC(O)N3CCc4ccccc4C3)CN2C1=O)C(F)(F)F. The largest absolute Gasteiger partial charge is 0.434 e.